The fourth-order valence-electron chi connectivity index (χ4n) is 2.37. The zero-order valence-electron chi connectivity index (χ0n) is 13.3. The number of hydrogen-bond acceptors (Lipinski definition) is 5. The topological polar surface area (TPSA) is 67.9 Å². The minimum absolute atomic E-state index is 0.0352. The predicted molar refractivity (Wildman–Crippen MR) is 90.3 cm³/mol. The van der Waals surface area contributed by atoms with Gasteiger partial charge in [0.15, 0.2) is 11.5 Å². The molecule has 24 heavy (non-hydrogen) atoms. The average Bonchev–Trinajstić information content (AvgIpc) is 3.27. The number of ether oxygens (including phenoxy) is 2. The Kier molecular flexibility index (Phi) is 5.00. The molecule has 7 heteroatoms. The largest absolute Gasteiger partial charge is 0.454 e. The highest BCUT2D eigenvalue weighted by Gasteiger charge is 2.18. The first-order valence-electron chi connectivity index (χ1n) is 7.65. The second-order valence-corrected chi connectivity index (χ2v) is 6.27. The molecule has 1 aromatic heterocycles. The van der Waals surface area contributed by atoms with Gasteiger partial charge in [-0.05, 0) is 36.6 Å². The van der Waals surface area contributed by atoms with E-state index in [4.69, 9.17) is 9.47 Å². The van der Waals surface area contributed by atoms with Crippen LogP contribution in [0.5, 0.6) is 11.5 Å². The molecule has 2 heterocycles. The van der Waals surface area contributed by atoms with Gasteiger partial charge in [0, 0.05) is 17.0 Å². The van der Waals surface area contributed by atoms with Crippen molar-refractivity contribution >= 4 is 23.2 Å². The summed E-state index contributed by atoms with van der Waals surface area (Å²) >= 11 is 1.61. The lowest BCUT2D eigenvalue weighted by Gasteiger charge is -2.20. The summed E-state index contributed by atoms with van der Waals surface area (Å²) in [4.78, 5) is 27.3. The Hall–Kier alpha value is -2.54. The molecule has 0 unspecified atom stereocenters. The van der Waals surface area contributed by atoms with Gasteiger partial charge in [-0.25, -0.2) is 0 Å². The lowest BCUT2D eigenvalue weighted by atomic mass is 10.2. The maximum atomic E-state index is 12.3. The van der Waals surface area contributed by atoms with Crippen LogP contribution in [0.1, 0.15) is 22.2 Å². The van der Waals surface area contributed by atoms with Crippen LogP contribution in [0.25, 0.3) is 0 Å². The van der Waals surface area contributed by atoms with Crippen LogP contribution in [0.3, 0.4) is 0 Å². The number of thiophene rings is 1. The molecule has 0 spiro atoms. The number of nitrogens with one attached hydrogen (secondary N) is 1. The first-order chi connectivity index (χ1) is 11.7. The van der Waals surface area contributed by atoms with Gasteiger partial charge >= 0.3 is 0 Å². The van der Waals surface area contributed by atoms with Gasteiger partial charge in [-0.15, -0.1) is 11.3 Å². The quantitative estimate of drug-likeness (QED) is 0.871. The first-order valence-corrected chi connectivity index (χ1v) is 8.53. The molecule has 1 N–H and O–H groups in total. The van der Waals surface area contributed by atoms with Gasteiger partial charge in [0.1, 0.15) is 0 Å². The monoisotopic (exact) mass is 346 g/mol. The normalized spacial score (nSPS) is 12.0. The van der Waals surface area contributed by atoms with Crippen molar-refractivity contribution in [3.63, 3.8) is 0 Å². The molecule has 0 bridgehead atoms. The van der Waals surface area contributed by atoms with Crippen molar-refractivity contribution in [3.05, 3.63) is 46.2 Å². The van der Waals surface area contributed by atoms with E-state index in [1.165, 1.54) is 0 Å². The molecule has 6 nitrogen and oxygen atoms in total. The van der Waals surface area contributed by atoms with Crippen LogP contribution in [0.4, 0.5) is 0 Å². The van der Waals surface area contributed by atoms with Gasteiger partial charge in [-0.3, -0.25) is 9.59 Å². The standard InChI is InChI=1S/C17H18N2O4S/c1-2-19(10-13-4-3-7-24-13)16(20)9-18-17(21)12-5-6-14-15(8-12)23-11-22-14/h3-8H,2,9-11H2,1H3,(H,18,21). The Bertz CT molecular complexity index is 730. The Morgan fingerprint density at radius 2 is 2.08 bits per heavy atom. The number of nitrogens with zero attached hydrogens (tertiary/aromatic N) is 1. The molecule has 0 atom stereocenters. The average molecular weight is 346 g/mol. The molecule has 3 rings (SSSR count). The molecule has 1 aliphatic rings. The summed E-state index contributed by atoms with van der Waals surface area (Å²) in [6, 6.07) is 8.90. The highest BCUT2D eigenvalue weighted by atomic mass is 32.1. The van der Waals surface area contributed by atoms with Crippen molar-refractivity contribution in [1.82, 2.24) is 10.2 Å². The summed E-state index contributed by atoms with van der Waals surface area (Å²) in [6.45, 7) is 3.20. The third-order valence-corrected chi connectivity index (χ3v) is 4.56. The molecule has 2 aromatic rings. The van der Waals surface area contributed by atoms with Crippen LogP contribution in [-0.4, -0.2) is 36.6 Å². The van der Waals surface area contributed by atoms with Gasteiger partial charge in [-0.2, -0.15) is 0 Å². The molecule has 126 valence electrons. The van der Waals surface area contributed by atoms with Gasteiger partial charge < -0.3 is 19.7 Å². The number of carbonyl (C=O) groups excluding carboxylic acids is 2. The lowest BCUT2D eigenvalue weighted by molar-refractivity contribution is -0.130. The summed E-state index contributed by atoms with van der Waals surface area (Å²) < 4.78 is 10.5. The van der Waals surface area contributed by atoms with Crippen molar-refractivity contribution in [2.24, 2.45) is 0 Å². The minimum atomic E-state index is -0.311. The Morgan fingerprint density at radius 1 is 1.25 bits per heavy atom. The van der Waals surface area contributed by atoms with E-state index < -0.39 is 0 Å². The van der Waals surface area contributed by atoms with Gasteiger partial charge in [0.25, 0.3) is 5.91 Å². The van der Waals surface area contributed by atoms with Crippen molar-refractivity contribution in [2.45, 2.75) is 13.5 Å². The number of likely N-dealkylation sites (N-methyl/N-ethyl adjacent to an activating group) is 1. The molecule has 0 saturated carbocycles. The van der Waals surface area contributed by atoms with E-state index in [0.717, 1.165) is 4.88 Å². The third-order valence-electron chi connectivity index (χ3n) is 3.70. The van der Waals surface area contributed by atoms with Gasteiger partial charge in [-0.1, -0.05) is 6.07 Å². The van der Waals surface area contributed by atoms with Crippen LogP contribution in [0, 0.1) is 0 Å². The fourth-order valence-corrected chi connectivity index (χ4v) is 3.09. The minimum Gasteiger partial charge on any atom is -0.454 e. The number of benzene rings is 1. The Labute approximate surface area is 144 Å². The van der Waals surface area contributed by atoms with Crippen LogP contribution in [-0.2, 0) is 11.3 Å². The van der Waals surface area contributed by atoms with E-state index in [0.29, 0.717) is 30.2 Å². The Balaban J connectivity index is 1.55. The molecule has 1 aliphatic heterocycles. The first kappa shape index (κ1) is 16.3. The number of carbonyl (C=O) groups is 2. The fraction of sp³-hybridized carbons (Fsp3) is 0.294. The van der Waals surface area contributed by atoms with E-state index in [2.05, 4.69) is 5.32 Å². The number of amides is 2. The summed E-state index contributed by atoms with van der Waals surface area (Å²) in [5.41, 5.74) is 0.438. The van der Waals surface area contributed by atoms with E-state index >= 15 is 0 Å². The SMILES string of the molecule is CCN(Cc1cccs1)C(=O)CNC(=O)c1ccc2c(c1)OCO2. The van der Waals surface area contributed by atoms with E-state index in [-0.39, 0.29) is 25.2 Å². The molecule has 0 aliphatic carbocycles. The lowest BCUT2D eigenvalue weighted by Crippen LogP contribution is -2.39. The number of hydrogen-bond donors (Lipinski definition) is 1. The van der Waals surface area contributed by atoms with Gasteiger partial charge in [0.2, 0.25) is 12.7 Å². The second kappa shape index (κ2) is 7.35. The van der Waals surface area contributed by atoms with Gasteiger partial charge in [0.05, 0.1) is 13.1 Å². The molecule has 1 aromatic carbocycles. The molecular weight excluding hydrogens is 328 g/mol. The molecule has 0 fully saturated rings. The summed E-state index contributed by atoms with van der Waals surface area (Å²) in [7, 11) is 0. The van der Waals surface area contributed by atoms with Crippen LogP contribution in [0.2, 0.25) is 0 Å². The highest BCUT2D eigenvalue weighted by Crippen LogP contribution is 2.32. The zero-order chi connectivity index (χ0) is 16.9. The molecule has 2 amide bonds. The van der Waals surface area contributed by atoms with Crippen molar-refractivity contribution in [3.8, 4) is 11.5 Å². The van der Waals surface area contributed by atoms with Crippen LogP contribution >= 0.6 is 11.3 Å². The summed E-state index contributed by atoms with van der Waals surface area (Å²) in [6.07, 6.45) is 0. The smallest absolute Gasteiger partial charge is 0.251 e. The third kappa shape index (κ3) is 3.68. The van der Waals surface area contributed by atoms with Crippen LogP contribution in [0.15, 0.2) is 35.7 Å². The number of fused-ring (bicyclic) bond motifs is 1. The molecular formula is C17H18N2O4S. The van der Waals surface area contributed by atoms with Crippen molar-refractivity contribution in [1.29, 1.82) is 0 Å². The second-order valence-electron chi connectivity index (χ2n) is 5.24. The summed E-state index contributed by atoms with van der Waals surface area (Å²) in [5.74, 6) is 0.742. The van der Waals surface area contributed by atoms with Crippen molar-refractivity contribution in [2.75, 3.05) is 19.9 Å². The van der Waals surface area contributed by atoms with Crippen molar-refractivity contribution < 1.29 is 19.1 Å². The molecule has 0 saturated heterocycles. The highest BCUT2D eigenvalue weighted by molar-refractivity contribution is 7.09. The maximum absolute atomic E-state index is 12.3. The number of rotatable bonds is 6. The van der Waals surface area contributed by atoms with Crippen LogP contribution < -0.4 is 14.8 Å². The maximum Gasteiger partial charge on any atom is 0.251 e. The van der Waals surface area contributed by atoms with E-state index in [9.17, 15) is 9.59 Å². The van der Waals surface area contributed by atoms with E-state index in [1.807, 2.05) is 24.4 Å². The zero-order valence-corrected chi connectivity index (χ0v) is 14.1. The van der Waals surface area contributed by atoms with E-state index in [1.54, 1.807) is 34.4 Å². The Morgan fingerprint density at radius 3 is 2.83 bits per heavy atom. The predicted octanol–water partition coefficient (Wildman–Crippen LogP) is 2.26. The molecule has 0 radical (unpaired) electrons. The summed E-state index contributed by atoms with van der Waals surface area (Å²) in [5, 5.41) is 4.64.